The fraction of sp³-hybridized carbons (Fsp3) is 0.200. The molecule has 0 atom stereocenters. The van der Waals surface area contributed by atoms with E-state index in [4.69, 9.17) is 27.1 Å². The molecule has 0 amide bonds. The van der Waals surface area contributed by atoms with E-state index in [1.165, 1.54) is 0 Å². The molecule has 3 aromatic rings. The summed E-state index contributed by atoms with van der Waals surface area (Å²) < 4.78 is 13.4. The van der Waals surface area contributed by atoms with Gasteiger partial charge in [0.25, 0.3) is 0 Å². The van der Waals surface area contributed by atoms with Crippen molar-refractivity contribution in [1.82, 2.24) is 9.78 Å². The van der Waals surface area contributed by atoms with Gasteiger partial charge < -0.3 is 14.9 Å². The number of aryl methyl sites for hydroxylation is 1. The van der Waals surface area contributed by atoms with E-state index < -0.39 is 0 Å². The van der Waals surface area contributed by atoms with Gasteiger partial charge in [-0.3, -0.25) is 4.68 Å². The summed E-state index contributed by atoms with van der Waals surface area (Å²) in [5.41, 5.74) is 7.40. The lowest BCUT2D eigenvalue weighted by atomic mass is 10.2. The molecule has 21 heavy (non-hydrogen) atoms. The monoisotopic (exact) mass is 301 g/mol. The highest BCUT2D eigenvalue weighted by Crippen LogP contribution is 2.33. The molecule has 0 bridgehead atoms. The predicted octanol–water partition coefficient (Wildman–Crippen LogP) is 2.86. The van der Waals surface area contributed by atoms with Gasteiger partial charge in [-0.15, -0.1) is 0 Å². The van der Waals surface area contributed by atoms with Crippen LogP contribution in [-0.2, 0) is 13.2 Å². The summed E-state index contributed by atoms with van der Waals surface area (Å²) in [7, 11) is 0. The van der Waals surface area contributed by atoms with Crippen molar-refractivity contribution < 1.29 is 9.15 Å². The van der Waals surface area contributed by atoms with Gasteiger partial charge in [0.05, 0.1) is 11.6 Å². The van der Waals surface area contributed by atoms with Gasteiger partial charge in [0.1, 0.15) is 17.2 Å². The highest BCUT2D eigenvalue weighted by atomic mass is 32.1. The van der Waals surface area contributed by atoms with Gasteiger partial charge in [-0.1, -0.05) is 24.4 Å². The molecular formula is C15H15N3O2S. The summed E-state index contributed by atoms with van der Waals surface area (Å²) in [4.78, 5) is 0.186. The summed E-state index contributed by atoms with van der Waals surface area (Å²) in [6.45, 7) is 3.25. The number of benzene rings is 1. The minimum atomic E-state index is 0.186. The van der Waals surface area contributed by atoms with Crippen molar-refractivity contribution in [2.24, 2.45) is 5.73 Å². The van der Waals surface area contributed by atoms with Gasteiger partial charge >= 0.3 is 0 Å². The summed E-state index contributed by atoms with van der Waals surface area (Å²) in [6.07, 6.45) is 3.73. The van der Waals surface area contributed by atoms with Gasteiger partial charge in [-0.25, -0.2) is 0 Å². The van der Waals surface area contributed by atoms with Crippen LogP contribution in [0.4, 0.5) is 0 Å². The molecule has 2 heterocycles. The Morgan fingerprint density at radius 2 is 2.24 bits per heavy atom. The number of aromatic nitrogens is 2. The number of para-hydroxylation sites is 1. The normalized spacial score (nSPS) is 10.9. The third-order valence-electron chi connectivity index (χ3n) is 3.17. The van der Waals surface area contributed by atoms with Crippen LogP contribution in [0.2, 0.25) is 0 Å². The van der Waals surface area contributed by atoms with Crippen LogP contribution in [0.15, 0.2) is 41.1 Å². The molecule has 1 aromatic carbocycles. The van der Waals surface area contributed by atoms with E-state index in [2.05, 4.69) is 5.10 Å². The Morgan fingerprint density at radius 1 is 1.43 bits per heavy atom. The molecule has 108 valence electrons. The molecule has 6 heteroatoms. The highest BCUT2D eigenvalue weighted by Gasteiger charge is 2.17. The third kappa shape index (κ3) is 2.62. The number of thiocarbonyl (C=S) groups is 1. The lowest BCUT2D eigenvalue weighted by molar-refractivity contribution is 0.304. The maximum Gasteiger partial charge on any atom is 0.204 e. The summed E-state index contributed by atoms with van der Waals surface area (Å²) in [5.74, 6) is 0.997. The molecule has 0 saturated carbocycles. The number of furan rings is 1. The molecule has 0 radical (unpaired) electrons. The molecule has 0 saturated heterocycles. The van der Waals surface area contributed by atoms with Crippen molar-refractivity contribution in [3.8, 4) is 5.75 Å². The number of fused-ring (bicyclic) bond motifs is 1. The zero-order valence-corrected chi connectivity index (χ0v) is 12.4. The van der Waals surface area contributed by atoms with Gasteiger partial charge in [0, 0.05) is 18.3 Å². The second kappa shape index (κ2) is 5.57. The van der Waals surface area contributed by atoms with Gasteiger partial charge in [-0.2, -0.15) is 5.10 Å². The van der Waals surface area contributed by atoms with Crippen molar-refractivity contribution in [1.29, 1.82) is 0 Å². The van der Waals surface area contributed by atoms with E-state index >= 15 is 0 Å². The fourth-order valence-electron chi connectivity index (χ4n) is 2.14. The second-order valence-corrected chi connectivity index (χ2v) is 5.05. The average Bonchev–Trinajstić information content (AvgIpc) is 3.09. The summed E-state index contributed by atoms with van der Waals surface area (Å²) >= 11 is 5.03. The highest BCUT2D eigenvalue weighted by molar-refractivity contribution is 7.80. The maximum absolute atomic E-state index is 5.88. The van der Waals surface area contributed by atoms with Crippen LogP contribution in [0.3, 0.4) is 0 Å². The Kier molecular flexibility index (Phi) is 3.62. The molecular weight excluding hydrogens is 286 g/mol. The maximum atomic E-state index is 5.88. The molecule has 2 N–H and O–H groups in total. The van der Waals surface area contributed by atoms with Crippen LogP contribution in [0.5, 0.6) is 5.75 Å². The number of nitrogens with zero attached hydrogens (tertiary/aromatic N) is 2. The second-order valence-electron chi connectivity index (χ2n) is 4.61. The zero-order chi connectivity index (χ0) is 14.8. The van der Waals surface area contributed by atoms with Gasteiger partial charge in [0.15, 0.2) is 5.75 Å². The molecule has 5 nitrogen and oxygen atoms in total. The van der Waals surface area contributed by atoms with Crippen LogP contribution in [0.1, 0.15) is 18.2 Å². The summed E-state index contributed by atoms with van der Waals surface area (Å²) in [5, 5.41) is 5.08. The van der Waals surface area contributed by atoms with Crippen LogP contribution < -0.4 is 10.5 Å². The van der Waals surface area contributed by atoms with E-state index in [0.717, 1.165) is 17.5 Å². The minimum Gasteiger partial charge on any atom is -0.484 e. The first-order valence-electron chi connectivity index (χ1n) is 6.64. The Balaban J connectivity index is 1.91. The number of hydrogen-bond donors (Lipinski definition) is 1. The van der Waals surface area contributed by atoms with Crippen molar-refractivity contribution in [2.75, 3.05) is 0 Å². The smallest absolute Gasteiger partial charge is 0.204 e. The topological polar surface area (TPSA) is 66.2 Å². The Bertz CT molecular complexity index is 791. The van der Waals surface area contributed by atoms with Gasteiger partial charge in [-0.05, 0) is 19.1 Å². The van der Waals surface area contributed by atoms with E-state index in [1.807, 2.05) is 42.1 Å². The Hall–Kier alpha value is -2.34. The third-order valence-corrected chi connectivity index (χ3v) is 3.35. The molecule has 0 fully saturated rings. The largest absolute Gasteiger partial charge is 0.484 e. The fourth-order valence-corrected chi connectivity index (χ4v) is 2.27. The lowest BCUT2D eigenvalue weighted by Crippen LogP contribution is -2.10. The zero-order valence-electron chi connectivity index (χ0n) is 11.6. The van der Waals surface area contributed by atoms with E-state index in [1.54, 1.807) is 6.20 Å². The first kappa shape index (κ1) is 13.6. The Labute approximate surface area is 127 Å². The van der Waals surface area contributed by atoms with E-state index in [9.17, 15) is 0 Å². The summed E-state index contributed by atoms with van der Waals surface area (Å²) in [6, 6.07) is 7.60. The van der Waals surface area contributed by atoms with Crippen molar-refractivity contribution >= 4 is 28.2 Å². The quantitative estimate of drug-likeness (QED) is 0.734. The number of hydrogen-bond acceptors (Lipinski definition) is 4. The molecule has 3 rings (SSSR count). The molecule has 0 aliphatic rings. The van der Waals surface area contributed by atoms with Crippen molar-refractivity contribution in [3.05, 3.63) is 48.0 Å². The Morgan fingerprint density at radius 3 is 2.95 bits per heavy atom. The lowest BCUT2D eigenvalue weighted by Gasteiger charge is -2.04. The van der Waals surface area contributed by atoms with Gasteiger partial charge in [0.2, 0.25) is 5.76 Å². The van der Waals surface area contributed by atoms with Crippen LogP contribution in [-0.4, -0.2) is 14.8 Å². The minimum absolute atomic E-state index is 0.186. The van der Waals surface area contributed by atoms with Crippen LogP contribution in [0.25, 0.3) is 11.0 Å². The first-order valence-corrected chi connectivity index (χ1v) is 7.05. The van der Waals surface area contributed by atoms with Crippen LogP contribution >= 0.6 is 12.2 Å². The van der Waals surface area contributed by atoms with E-state index in [-0.39, 0.29) is 4.99 Å². The predicted molar refractivity (Wildman–Crippen MR) is 84.3 cm³/mol. The number of rotatable bonds is 5. The van der Waals surface area contributed by atoms with Crippen LogP contribution in [0, 0.1) is 0 Å². The number of nitrogens with two attached hydrogens (primary N) is 1. The molecule has 0 spiro atoms. The van der Waals surface area contributed by atoms with Crippen molar-refractivity contribution in [2.45, 2.75) is 20.1 Å². The average molecular weight is 301 g/mol. The molecule has 2 aromatic heterocycles. The molecule has 0 aliphatic heterocycles. The SMILES string of the molecule is CCn1cc(COc2c(C(N)=S)oc3ccccc23)cn1. The standard InChI is InChI=1S/C15H15N3O2S/c1-2-18-8-10(7-17-18)9-19-13-11-5-3-4-6-12(11)20-14(13)15(16)21/h3-8H,2,9H2,1H3,(H2,16,21). The first-order chi connectivity index (χ1) is 10.2. The van der Waals surface area contributed by atoms with E-state index in [0.29, 0.717) is 23.7 Å². The number of ether oxygens (including phenoxy) is 1. The molecule has 0 aliphatic carbocycles. The van der Waals surface area contributed by atoms with Crippen molar-refractivity contribution in [3.63, 3.8) is 0 Å². The molecule has 0 unspecified atom stereocenters.